The minimum absolute atomic E-state index is 0.518. The lowest BCUT2D eigenvalue weighted by Gasteiger charge is -2.40. The molecular weight excluding hydrogens is 244 g/mol. The van der Waals surface area contributed by atoms with Gasteiger partial charge in [-0.05, 0) is 81.2 Å². The molecule has 0 amide bonds. The van der Waals surface area contributed by atoms with Crippen molar-refractivity contribution in [3.63, 3.8) is 0 Å². The van der Waals surface area contributed by atoms with Crippen LogP contribution in [0.4, 0.5) is 0 Å². The number of rotatable bonds is 5. The van der Waals surface area contributed by atoms with Gasteiger partial charge >= 0.3 is 0 Å². The van der Waals surface area contributed by atoms with Crippen molar-refractivity contribution >= 4 is 0 Å². The summed E-state index contributed by atoms with van der Waals surface area (Å²) in [6.45, 7) is 4.70. The zero-order chi connectivity index (χ0) is 13.8. The first kappa shape index (κ1) is 14.1. The van der Waals surface area contributed by atoms with Crippen LogP contribution in [0.1, 0.15) is 49.7 Å². The summed E-state index contributed by atoms with van der Waals surface area (Å²) in [4.78, 5) is 2.67. The number of piperidine rings is 1. The van der Waals surface area contributed by atoms with Crippen LogP contribution in [0.5, 0.6) is 0 Å². The summed E-state index contributed by atoms with van der Waals surface area (Å²) in [5.74, 6) is 0. The predicted molar refractivity (Wildman–Crippen MR) is 85.0 cm³/mol. The summed E-state index contributed by atoms with van der Waals surface area (Å²) in [5.41, 5.74) is 9.36. The van der Waals surface area contributed by atoms with Crippen molar-refractivity contribution in [3.05, 3.63) is 35.4 Å². The Morgan fingerprint density at radius 1 is 1.00 bits per heavy atom. The molecular formula is C18H28N2. The number of likely N-dealkylation sites (tertiary alicyclic amines) is 1. The standard InChI is InChI=1S/C18H28N2/c19-12-4-1-5-13-20-14-10-18(11-15-20)9-8-16-6-2-3-7-17(16)18/h2-3,6-7H,1,4-5,8-15,19H2. The molecule has 1 fully saturated rings. The minimum Gasteiger partial charge on any atom is -0.330 e. The molecule has 20 heavy (non-hydrogen) atoms. The summed E-state index contributed by atoms with van der Waals surface area (Å²) in [7, 11) is 0. The number of nitrogens with two attached hydrogens (primary N) is 1. The van der Waals surface area contributed by atoms with Crippen LogP contribution in [0.3, 0.4) is 0 Å². The molecule has 2 aliphatic rings. The number of aryl methyl sites for hydroxylation is 1. The first-order valence-electron chi connectivity index (χ1n) is 8.35. The lowest BCUT2D eigenvalue weighted by atomic mass is 9.74. The number of hydrogen-bond donors (Lipinski definition) is 1. The van der Waals surface area contributed by atoms with Crippen molar-refractivity contribution in [1.82, 2.24) is 4.90 Å². The van der Waals surface area contributed by atoms with Gasteiger partial charge in [0.15, 0.2) is 0 Å². The van der Waals surface area contributed by atoms with Gasteiger partial charge in [0.2, 0.25) is 0 Å². The summed E-state index contributed by atoms with van der Waals surface area (Å²) >= 11 is 0. The van der Waals surface area contributed by atoms with Gasteiger partial charge in [-0.2, -0.15) is 0 Å². The van der Waals surface area contributed by atoms with Crippen LogP contribution in [-0.2, 0) is 11.8 Å². The molecule has 0 aromatic heterocycles. The molecule has 1 aliphatic heterocycles. The molecule has 1 aromatic rings. The fourth-order valence-electron chi connectivity index (χ4n) is 4.14. The summed E-state index contributed by atoms with van der Waals surface area (Å²) in [6.07, 6.45) is 9.20. The third-order valence-electron chi connectivity index (χ3n) is 5.45. The second-order valence-electron chi connectivity index (χ2n) is 6.63. The first-order chi connectivity index (χ1) is 9.84. The highest BCUT2D eigenvalue weighted by Crippen LogP contribution is 2.46. The molecule has 0 atom stereocenters. The smallest absolute Gasteiger partial charge is 0.00102 e. The third kappa shape index (κ3) is 2.77. The average molecular weight is 272 g/mol. The van der Waals surface area contributed by atoms with Gasteiger partial charge < -0.3 is 10.6 Å². The van der Waals surface area contributed by atoms with Crippen LogP contribution < -0.4 is 5.73 Å². The topological polar surface area (TPSA) is 29.3 Å². The van der Waals surface area contributed by atoms with Gasteiger partial charge in [0.05, 0.1) is 0 Å². The van der Waals surface area contributed by atoms with Gasteiger partial charge in [-0.1, -0.05) is 30.7 Å². The second kappa shape index (κ2) is 6.28. The van der Waals surface area contributed by atoms with E-state index in [0.717, 1.165) is 6.54 Å². The van der Waals surface area contributed by atoms with E-state index in [1.54, 1.807) is 11.1 Å². The van der Waals surface area contributed by atoms with Gasteiger partial charge in [-0.3, -0.25) is 0 Å². The van der Waals surface area contributed by atoms with Gasteiger partial charge in [-0.15, -0.1) is 0 Å². The molecule has 3 rings (SSSR count). The molecule has 1 heterocycles. The summed E-state index contributed by atoms with van der Waals surface area (Å²) < 4.78 is 0. The average Bonchev–Trinajstić information content (AvgIpc) is 2.85. The van der Waals surface area contributed by atoms with E-state index in [2.05, 4.69) is 29.2 Å². The quantitative estimate of drug-likeness (QED) is 0.835. The van der Waals surface area contributed by atoms with Crippen LogP contribution in [0.2, 0.25) is 0 Å². The van der Waals surface area contributed by atoms with E-state index in [-0.39, 0.29) is 0 Å². The Morgan fingerprint density at radius 3 is 2.60 bits per heavy atom. The van der Waals surface area contributed by atoms with Crippen molar-refractivity contribution in [3.8, 4) is 0 Å². The molecule has 0 saturated carbocycles. The van der Waals surface area contributed by atoms with E-state index in [4.69, 9.17) is 5.73 Å². The molecule has 0 bridgehead atoms. The Kier molecular flexibility index (Phi) is 4.42. The van der Waals surface area contributed by atoms with Crippen LogP contribution in [-0.4, -0.2) is 31.1 Å². The number of nitrogens with zero attached hydrogens (tertiary/aromatic N) is 1. The Morgan fingerprint density at radius 2 is 1.80 bits per heavy atom. The molecule has 0 radical (unpaired) electrons. The lowest BCUT2D eigenvalue weighted by molar-refractivity contribution is 0.156. The number of hydrogen-bond acceptors (Lipinski definition) is 2. The summed E-state index contributed by atoms with van der Waals surface area (Å²) in [5, 5.41) is 0. The fourth-order valence-corrected chi connectivity index (χ4v) is 4.14. The minimum atomic E-state index is 0.518. The largest absolute Gasteiger partial charge is 0.330 e. The SMILES string of the molecule is NCCCCCN1CCC2(CCc3ccccc32)CC1. The second-order valence-corrected chi connectivity index (χ2v) is 6.63. The molecule has 110 valence electrons. The zero-order valence-corrected chi connectivity index (χ0v) is 12.6. The highest BCUT2D eigenvalue weighted by atomic mass is 15.1. The molecule has 2 N–H and O–H groups in total. The van der Waals surface area contributed by atoms with Gasteiger partial charge in [0.25, 0.3) is 0 Å². The predicted octanol–water partition coefficient (Wildman–Crippen LogP) is 3.10. The normalized spacial score (nSPS) is 21.2. The molecule has 0 unspecified atom stereocenters. The molecule has 2 heteroatoms. The maximum atomic E-state index is 5.56. The molecule has 1 spiro atoms. The van der Waals surface area contributed by atoms with E-state index in [1.165, 1.54) is 64.6 Å². The van der Waals surface area contributed by atoms with Crippen molar-refractivity contribution in [2.45, 2.75) is 50.4 Å². The zero-order valence-electron chi connectivity index (χ0n) is 12.6. The maximum absolute atomic E-state index is 5.56. The van der Waals surface area contributed by atoms with Gasteiger partial charge in [0.1, 0.15) is 0 Å². The third-order valence-corrected chi connectivity index (χ3v) is 5.45. The Bertz CT molecular complexity index is 433. The number of benzene rings is 1. The fraction of sp³-hybridized carbons (Fsp3) is 0.667. The van der Waals surface area contributed by atoms with Crippen LogP contribution >= 0.6 is 0 Å². The van der Waals surface area contributed by atoms with E-state index < -0.39 is 0 Å². The van der Waals surface area contributed by atoms with E-state index >= 15 is 0 Å². The highest BCUT2D eigenvalue weighted by Gasteiger charge is 2.40. The van der Waals surface area contributed by atoms with Gasteiger partial charge in [0, 0.05) is 0 Å². The Hall–Kier alpha value is -0.860. The number of unbranched alkanes of at least 4 members (excludes halogenated alkanes) is 2. The van der Waals surface area contributed by atoms with Crippen LogP contribution in [0, 0.1) is 0 Å². The first-order valence-corrected chi connectivity index (χ1v) is 8.35. The maximum Gasteiger partial charge on any atom is -0.00102 e. The van der Waals surface area contributed by atoms with Crippen molar-refractivity contribution in [2.24, 2.45) is 5.73 Å². The van der Waals surface area contributed by atoms with Crippen molar-refractivity contribution in [2.75, 3.05) is 26.2 Å². The molecule has 1 aliphatic carbocycles. The van der Waals surface area contributed by atoms with Crippen LogP contribution in [0.15, 0.2) is 24.3 Å². The molecule has 2 nitrogen and oxygen atoms in total. The van der Waals surface area contributed by atoms with E-state index in [0.29, 0.717) is 5.41 Å². The molecule has 1 saturated heterocycles. The van der Waals surface area contributed by atoms with Crippen molar-refractivity contribution < 1.29 is 0 Å². The van der Waals surface area contributed by atoms with E-state index in [1.807, 2.05) is 0 Å². The van der Waals surface area contributed by atoms with E-state index in [9.17, 15) is 0 Å². The summed E-state index contributed by atoms with van der Waals surface area (Å²) in [6, 6.07) is 9.15. The monoisotopic (exact) mass is 272 g/mol. The van der Waals surface area contributed by atoms with Gasteiger partial charge in [-0.25, -0.2) is 0 Å². The van der Waals surface area contributed by atoms with Crippen molar-refractivity contribution in [1.29, 1.82) is 0 Å². The van der Waals surface area contributed by atoms with Crippen LogP contribution in [0.25, 0.3) is 0 Å². The number of fused-ring (bicyclic) bond motifs is 2. The lowest BCUT2D eigenvalue weighted by Crippen LogP contribution is -2.41. The Balaban J connectivity index is 1.54. The molecule has 1 aromatic carbocycles. The highest BCUT2D eigenvalue weighted by molar-refractivity contribution is 5.39. The Labute approximate surface area is 123 Å².